The molecule has 5 nitrogen and oxygen atoms in total. The number of carbonyl (C=O) groups is 1. The quantitative estimate of drug-likeness (QED) is 0.371. The van der Waals surface area contributed by atoms with Crippen molar-refractivity contribution in [3.63, 3.8) is 0 Å². The highest BCUT2D eigenvalue weighted by Crippen LogP contribution is 2.22. The molecule has 0 aromatic heterocycles. The summed E-state index contributed by atoms with van der Waals surface area (Å²) in [6.45, 7) is 0. The van der Waals surface area contributed by atoms with Gasteiger partial charge in [0.15, 0.2) is 0 Å². The van der Waals surface area contributed by atoms with Gasteiger partial charge in [0.1, 0.15) is 0 Å². The van der Waals surface area contributed by atoms with Crippen LogP contribution in [0.3, 0.4) is 0 Å². The first-order chi connectivity index (χ1) is 8.10. The molecule has 0 fully saturated rings. The Labute approximate surface area is 106 Å². The van der Waals surface area contributed by atoms with Gasteiger partial charge in [-0.25, -0.2) is 4.79 Å². The molecule has 0 unspecified atom stereocenters. The number of allylic oxidation sites excluding steroid dienone is 1. The smallest absolute Gasteiger partial charge is 0.338 e. The number of rotatable bonds is 4. The van der Waals surface area contributed by atoms with Crippen LogP contribution in [0.5, 0.6) is 0 Å². The summed E-state index contributed by atoms with van der Waals surface area (Å²) in [4.78, 5) is 21.6. The van der Waals surface area contributed by atoms with E-state index in [2.05, 4.69) is 20.7 Å². The van der Waals surface area contributed by atoms with Gasteiger partial charge >= 0.3 is 5.97 Å². The van der Waals surface area contributed by atoms with Crippen LogP contribution in [0.4, 0.5) is 5.69 Å². The van der Waals surface area contributed by atoms with Gasteiger partial charge in [0.05, 0.1) is 23.2 Å². The van der Waals surface area contributed by atoms with E-state index in [4.69, 9.17) is 0 Å². The zero-order valence-electron chi connectivity index (χ0n) is 9.05. The van der Waals surface area contributed by atoms with Crippen LogP contribution in [0.1, 0.15) is 15.9 Å². The fourth-order valence-electron chi connectivity index (χ4n) is 1.26. The first-order valence-corrected chi connectivity index (χ1v) is 5.81. The average molecular weight is 300 g/mol. The third kappa shape index (κ3) is 3.39. The highest BCUT2D eigenvalue weighted by atomic mass is 79.9. The molecule has 1 aromatic carbocycles. The summed E-state index contributed by atoms with van der Waals surface area (Å²) < 4.78 is 4.50. The van der Waals surface area contributed by atoms with Crippen molar-refractivity contribution in [1.82, 2.24) is 0 Å². The number of carbonyl (C=O) groups excluding carboxylic acids is 1. The topological polar surface area (TPSA) is 69.4 Å². The molecule has 0 bridgehead atoms. The lowest BCUT2D eigenvalue weighted by molar-refractivity contribution is -0.385. The van der Waals surface area contributed by atoms with E-state index in [1.165, 1.54) is 25.3 Å². The Morgan fingerprint density at radius 1 is 1.59 bits per heavy atom. The molecule has 0 amide bonds. The summed E-state index contributed by atoms with van der Waals surface area (Å²) >= 11 is 3.19. The summed E-state index contributed by atoms with van der Waals surface area (Å²) in [5, 5.41) is 11.5. The van der Waals surface area contributed by atoms with Gasteiger partial charge in [0.2, 0.25) is 0 Å². The molecule has 0 aliphatic carbocycles. The van der Waals surface area contributed by atoms with Gasteiger partial charge in [-0.05, 0) is 12.1 Å². The number of esters is 1. The Hall–Kier alpha value is -1.69. The second-order valence-corrected chi connectivity index (χ2v) is 3.73. The van der Waals surface area contributed by atoms with Gasteiger partial charge in [-0.15, -0.1) is 0 Å². The monoisotopic (exact) mass is 299 g/mol. The number of ether oxygens (including phenoxy) is 1. The molecule has 0 saturated carbocycles. The van der Waals surface area contributed by atoms with E-state index >= 15 is 0 Å². The molecule has 0 spiro atoms. The van der Waals surface area contributed by atoms with Gasteiger partial charge in [0, 0.05) is 11.4 Å². The SMILES string of the molecule is COC(=O)c1ccc(C=CCBr)c([N+](=O)[O-])c1. The predicted octanol–water partition coefficient (Wildman–Crippen LogP) is 2.79. The summed E-state index contributed by atoms with van der Waals surface area (Å²) in [5.41, 5.74) is 0.488. The van der Waals surface area contributed by atoms with Crippen LogP contribution in [-0.2, 0) is 4.74 Å². The summed E-state index contributed by atoms with van der Waals surface area (Å²) in [6.07, 6.45) is 3.36. The Morgan fingerprint density at radius 3 is 2.82 bits per heavy atom. The number of benzene rings is 1. The van der Waals surface area contributed by atoms with Crippen molar-refractivity contribution < 1.29 is 14.5 Å². The molecule has 17 heavy (non-hydrogen) atoms. The van der Waals surface area contributed by atoms with Crippen molar-refractivity contribution in [2.75, 3.05) is 12.4 Å². The Morgan fingerprint density at radius 2 is 2.29 bits per heavy atom. The zero-order valence-corrected chi connectivity index (χ0v) is 10.6. The molecule has 6 heteroatoms. The van der Waals surface area contributed by atoms with Crippen LogP contribution in [0.2, 0.25) is 0 Å². The third-order valence-corrected chi connectivity index (χ3v) is 2.41. The van der Waals surface area contributed by atoms with Crippen LogP contribution < -0.4 is 0 Å². The summed E-state index contributed by atoms with van der Waals surface area (Å²) in [5.74, 6) is -0.593. The van der Waals surface area contributed by atoms with Crippen LogP contribution in [0.15, 0.2) is 24.3 Å². The van der Waals surface area contributed by atoms with Crippen molar-refractivity contribution in [2.24, 2.45) is 0 Å². The Kier molecular flexibility index (Phi) is 4.84. The molecular formula is C11H10BrNO4. The first kappa shape index (κ1) is 13.4. The molecule has 0 aliphatic heterocycles. The summed E-state index contributed by atoms with van der Waals surface area (Å²) in [6, 6.07) is 4.22. The van der Waals surface area contributed by atoms with E-state index in [0.29, 0.717) is 10.9 Å². The Bertz CT molecular complexity index is 471. The van der Waals surface area contributed by atoms with E-state index < -0.39 is 10.9 Å². The second kappa shape index (κ2) is 6.15. The van der Waals surface area contributed by atoms with E-state index in [1.807, 2.05) is 0 Å². The molecule has 90 valence electrons. The van der Waals surface area contributed by atoms with Gasteiger partial charge < -0.3 is 4.74 Å². The fraction of sp³-hybridized carbons (Fsp3) is 0.182. The lowest BCUT2D eigenvalue weighted by Crippen LogP contribution is -2.02. The number of methoxy groups -OCH3 is 1. The molecule has 0 saturated heterocycles. The standard InChI is InChI=1S/C11H10BrNO4/c1-17-11(14)9-5-4-8(3-2-6-12)10(7-9)13(15)16/h2-5,7H,6H2,1H3. The average Bonchev–Trinajstić information content (AvgIpc) is 2.35. The van der Waals surface area contributed by atoms with E-state index in [1.54, 1.807) is 12.2 Å². The normalized spacial score (nSPS) is 10.5. The number of hydrogen-bond acceptors (Lipinski definition) is 4. The van der Waals surface area contributed by atoms with E-state index in [0.717, 1.165) is 0 Å². The number of nitro benzene ring substituents is 1. The third-order valence-electron chi connectivity index (χ3n) is 2.03. The minimum atomic E-state index is -0.593. The minimum absolute atomic E-state index is 0.120. The van der Waals surface area contributed by atoms with Crippen LogP contribution in [0.25, 0.3) is 6.08 Å². The van der Waals surface area contributed by atoms with Crippen molar-refractivity contribution >= 4 is 33.7 Å². The molecular weight excluding hydrogens is 290 g/mol. The number of hydrogen-bond donors (Lipinski definition) is 0. The molecule has 0 aliphatic rings. The molecule has 0 radical (unpaired) electrons. The molecule has 1 rings (SSSR count). The molecule has 0 atom stereocenters. The second-order valence-electron chi connectivity index (χ2n) is 3.08. The van der Waals surface area contributed by atoms with Crippen molar-refractivity contribution in [3.05, 3.63) is 45.5 Å². The number of nitro groups is 1. The predicted molar refractivity (Wildman–Crippen MR) is 67.3 cm³/mol. The lowest BCUT2D eigenvalue weighted by Gasteiger charge is -2.01. The van der Waals surface area contributed by atoms with Crippen LogP contribution >= 0.6 is 15.9 Å². The van der Waals surface area contributed by atoms with Crippen LogP contribution in [-0.4, -0.2) is 23.3 Å². The maximum atomic E-state index is 11.2. The van der Waals surface area contributed by atoms with E-state index in [-0.39, 0.29) is 11.3 Å². The van der Waals surface area contributed by atoms with Gasteiger partial charge in [-0.2, -0.15) is 0 Å². The molecule has 1 aromatic rings. The lowest BCUT2D eigenvalue weighted by atomic mass is 10.1. The summed E-state index contributed by atoms with van der Waals surface area (Å²) in [7, 11) is 1.23. The first-order valence-electron chi connectivity index (χ1n) is 4.69. The zero-order chi connectivity index (χ0) is 12.8. The van der Waals surface area contributed by atoms with Crippen LogP contribution in [0, 0.1) is 10.1 Å². The van der Waals surface area contributed by atoms with Crippen molar-refractivity contribution in [2.45, 2.75) is 0 Å². The number of nitrogens with zero attached hydrogens (tertiary/aromatic N) is 1. The molecule has 0 heterocycles. The van der Waals surface area contributed by atoms with E-state index in [9.17, 15) is 14.9 Å². The minimum Gasteiger partial charge on any atom is -0.465 e. The maximum Gasteiger partial charge on any atom is 0.338 e. The fourth-order valence-corrected chi connectivity index (χ4v) is 1.45. The molecule has 0 N–H and O–H groups in total. The number of alkyl halides is 1. The van der Waals surface area contributed by atoms with Crippen molar-refractivity contribution in [1.29, 1.82) is 0 Å². The van der Waals surface area contributed by atoms with Gasteiger partial charge in [-0.3, -0.25) is 10.1 Å². The largest absolute Gasteiger partial charge is 0.465 e. The Balaban J connectivity index is 3.22. The highest BCUT2D eigenvalue weighted by molar-refractivity contribution is 9.09. The van der Waals surface area contributed by atoms with Gasteiger partial charge in [0.25, 0.3) is 5.69 Å². The van der Waals surface area contributed by atoms with Crippen molar-refractivity contribution in [3.8, 4) is 0 Å². The maximum absolute atomic E-state index is 11.2. The van der Waals surface area contributed by atoms with Gasteiger partial charge in [-0.1, -0.05) is 28.1 Å². The highest BCUT2D eigenvalue weighted by Gasteiger charge is 2.15. The number of halogens is 1.